The van der Waals surface area contributed by atoms with Crippen LogP contribution in [0.4, 0.5) is 12.0 Å². The van der Waals surface area contributed by atoms with E-state index in [2.05, 4.69) is 63.4 Å². The summed E-state index contributed by atoms with van der Waals surface area (Å²) in [4.78, 5) is 67.5. The molecule has 0 amide bonds. The second-order valence-electron chi connectivity index (χ2n) is 15.7. The third-order valence-electron chi connectivity index (χ3n) is 10.8. The first-order chi connectivity index (χ1) is 28.8. The van der Waals surface area contributed by atoms with Crippen molar-refractivity contribution in [2.45, 2.75) is 77.3 Å². The molecule has 2 aliphatic rings. The summed E-state index contributed by atoms with van der Waals surface area (Å²) in [5, 5.41) is 8.12. The van der Waals surface area contributed by atoms with Gasteiger partial charge in [0.2, 0.25) is 0 Å². The summed E-state index contributed by atoms with van der Waals surface area (Å²) in [6.07, 6.45) is 3.78. The molecular formula is C42H54N8O10. The number of esters is 4. The summed E-state index contributed by atoms with van der Waals surface area (Å²) in [5.41, 5.74) is 0.0152. The van der Waals surface area contributed by atoms with Gasteiger partial charge in [0.1, 0.15) is 24.7 Å². The van der Waals surface area contributed by atoms with E-state index in [9.17, 15) is 19.2 Å². The minimum Gasteiger partial charge on any atom is -0.492 e. The Labute approximate surface area is 349 Å². The molecule has 0 aliphatic carbocycles. The predicted molar refractivity (Wildman–Crippen MR) is 217 cm³/mol. The fraction of sp³-hybridized carbons (Fsp3) is 0.524. The van der Waals surface area contributed by atoms with Crippen molar-refractivity contribution in [1.82, 2.24) is 30.1 Å². The van der Waals surface area contributed by atoms with Gasteiger partial charge >= 0.3 is 35.9 Å². The number of carbonyl (C=O) groups excluding carboxylic acids is 4. The molecule has 0 spiro atoms. The van der Waals surface area contributed by atoms with Gasteiger partial charge in [-0.3, -0.25) is 9.80 Å². The molecule has 0 bridgehead atoms. The zero-order valence-corrected chi connectivity index (χ0v) is 35.1. The molecule has 322 valence electrons. The summed E-state index contributed by atoms with van der Waals surface area (Å²) in [7, 11) is 4.12. The Morgan fingerprint density at radius 1 is 0.617 bits per heavy atom. The lowest BCUT2D eigenvalue weighted by Gasteiger charge is -2.35. The lowest BCUT2D eigenvalue weighted by molar-refractivity contribution is -0.160. The number of nitrogens with zero attached hydrogens (tertiary/aromatic N) is 8. The summed E-state index contributed by atoms with van der Waals surface area (Å²) < 4.78 is 31.9. The standard InChI is InChI=1S/C42H54N8O10/c1-27(2)35-43-41(59-45-35)49-19-15-31(16-20-49)47(5)23-25-55-33-11-7-29(8-12-33)37(51)57-39(53)40(54)58-38(52)30-9-13-34(14-10-30)56-26-24-48(6)32-17-21-50(22-18-32)42-44-36(28(3)4)46-60-42/h7-14,27-28,31-32H,15-26H2,1-6H3. The van der Waals surface area contributed by atoms with Gasteiger partial charge in [-0.25, -0.2) is 19.2 Å². The van der Waals surface area contributed by atoms with Crippen molar-refractivity contribution >= 4 is 35.9 Å². The molecule has 2 aliphatic heterocycles. The molecule has 4 aromatic rings. The van der Waals surface area contributed by atoms with Crippen molar-refractivity contribution in [3.63, 3.8) is 0 Å². The Bertz CT molecular complexity index is 1890. The molecule has 18 heteroatoms. The Morgan fingerprint density at radius 3 is 1.28 bits per heavy atom. The topological polar surface area (TPSA) is 196 Å². The van der Waals surface area contributed by atoms with Gasteiger partial charge in [0.15, 0.2) is 11.6 Å². The molecule has 0 radical (unpaired) electrons. The Hall–Kier alpha value is -5.88. The van der Waals surface area contributed by atoms with Crippen LogP contribution in [0.2, 0.25) is 0 Å². The van der Waals surface area contributed by atoms with Crippen molar-refractivity contribution in [2.75, 3.05) is 76.4 Å². The number of ether oxygens (including phenoxy) is 4. The summed E-state index contributed by atoms with van der Waals surface area (Å²) in [6.45, 7) is 13.6. The largest absolute Gasteiger partial charge is 0.492 e. The minimum atomic E-state index is -1.62. The number of anilines is 2. The van der Waals surface area contributed by atoms with Gasteiger partial charge in [0.25, 0.3) is 0 Å². The first-order valence-electron chi connectivity index (χ1n) is 20.4. The van der Waals surface area contributed by atoms with Crippen molar-refractivity contribution in [3.8, 4) is 11.5 Å². The van der Waals surface area contributed by atoms with E-state index in [-0.39, 0.29) is 23.0 Å². The van der Waals surface area contributed by atoms with Crippen molar-refractivity contribution in [1.29, 1.82) is 0 Å². The maximum atomic E-state index is 12.6. The molecule has 0 saturated carbocycles. The molecule has 60 heavy (non-hydrogen) atoms. The van der Waals surface area contributed by atoms with E-state index in [0.717, 1.165) is 51.9 Å². The van der Waals surface area contributed by atoms with E-state index in [1.54, 1.807) is 24.3 Å². The van der Waals surface area contributed by atoms with E-state index >= 15 is 0 Å². The van der Waals surface area contributed by atoms with Gasteiger partial charge in [-0.2, -0.15) is 9.97 Å². The Kier molecular flexibility index (Phi) is 14.8. The number of likely N-dealkylation sites (N-methyl/N-ethyl adjacent to an activating group) is 2. The van der Waals surface area contributed by atoms with Crippen LogP contribution in [0.25, 0.3) is 0 Å². The van der Waals surface area contributed by atoms with Gasteiger partial charge < -0.3 is 37.8 Å². The smallest absolute Gasteiger partial charge is 0.425 e. The van der Waals surface area contributed by atoms with Gasteiger partial charge in [-0.1, -0.05) is 38.0 Å². The second-order valence-corrected chi connectivity index (χ2v) is 15.7. The van der Waals surface area contributed by atoms with E-state index in [1.165, 1.54) is 24.3 Å². The van der Waals surface area contributed by atoms with Crippen molar-refractivity contribution < 1.29 is 47.2 Å². The van der Waals surface area contributed by atoms with Gasteiger partial charge in [-0.15, -0.1) is 0 Å². The highest BCUT2D eigenvalue weighted by molar-refractivity contribution is 6.34. The Balaban J connectivity index is 0.845. The first kappa shape index (κ1) is 43.7. The van der Waals surface area contributed by atoms with E-state index in [0.29, 0.717) is 73.6 Å². The lowest BCUT2D eigenvalue weighted by atomic mass is 10.0. The van der Waals surface area contributed by atoms with Crippen LogP contribution in [0.5, 0.6) is 11.5 Å². The average Bonchev–Trinajstić information content (AvgIpc) is 3.96. The van der Waals surface area contributed by atoms with Gasteiger partial charge in [-0.05, 0) is 88.3 Å². The van der Waals surface area contributed by atoms with Crippen LogP contribution >= 0.6 is 0 Å². The minimum absolute atomic E-state index is 0.00759. The predicted octanol–water partition coefficient (Wildman–Crippen LogP) is 4.73. The summed E-state index contributed by atoms with van der Waals surface area (Å²) >= 11 is 0. The maximum absolute atomic E-state index is 12.6. The number of piperidine rings is 2. The summed E-state index contributed by atoms with van der Waals surface area (Å²) in [6, 6.07) is 13.8. The van der Waals surface area contributed by atoms with Crippen molar-refractivity contribution in [3.05, 3.63) is 71.3 Å². The van der Waals surface area contributed by atoms with E-state index in [1.807, 2.05) is 27.7 Å². The average molecular weight is 831 g/mol. The summed E-state index contributed by atoms with van der Waals surface area (Å²) in [5.74, 6) is -2.53. The van der Waals surface area contributed by atoms with Crippen molar-refractivity contribution in [2.24, 2.45) is 0 Å². The maximum Gasteiger partial charge on any atom is 0.425 e. The molecule has 18 nitrogen and oxygen atoms in total. The van der Waals surface area contributed by atoms with Gasteiger partial charge in [0.05, 0.1) is 11.1 Å². The molecule has 2 aromatic carbocycles. The molecule has 0 atom stereocenters. The van der Waals surface area contributed by atoms with Crippen LogP contribution in [-0.2, 0) is 19.1 Å². The molecule has 2 saturated heterocycles. The zero-order valence-electron chi connectivity index (χ0n) is 35.1. The SMILES string of the molecule is CC(C)c1noc(N2CCC(N(C)CCOc3ccc(C(=O)OC(=O)C(=O)OC(=O)c4ccc(OCCN(C)C5CCN(c6nc(C(C)C)no6)CC5)cc4)cc3)CC2)n1. The second kappa shape index (κ2) is 20.4. The highest BCUT2D eigenvalue weighted by Crippen LogP contribution is 2.24. The number of aromatic nitrogens is 4. The Morgan fingerprint density at radius 2 is 0.967 bits per heavy atom. The van der Waals surface area contributed by atoms with Crippen LogP contribution < -0.4 is 19.3 Å². The van der Waals surface area contributed by atoms with Crippen LogP contribution in [-0.4, -0.2) is 133 Å². The molecule has 2 aromatic heterocycles. The number of benzene rings is 2. The van der Waals surface area contributed by atoms with Gasteiger partial charge in [0, 0.05) is 63.2 Å². The number of hydrogen-bond acceptors (Lipinski definition) is 18. The van der Waals surface area contributed by atoms with Crippen LogP contribution in [0.3, 0.4) is 0 Å². The van der Waals surface area contributed by atoms with Crippen LogP contribution in [0.1, 0.15) is 97.6 Å². The molecule has 6 rings (SSSR count). The first-order valence-corrected chi connectivity index (χ1v) is 20.4. The van der Waals surface area contributed by atoms with E-state index < -0.39 is 23.9 Å². The highest BCUT2D eigenvalue weighted by atomic mass is 16.6. The zero-order chi connectivity index (χ0) is 42.8. The molecule has 4 heterocycles. The normalized spacial score (nSPS) is 15.2. The van der Waals surface area contributed by atoms with Crippen LogP contribution in [0.15, 0.2) is 57.6 Å². The third kappa shape index (κ3) is 11.7. The lowest BCUT2D eigenvalue weighted by Crippen LogP contribution is -2.44. The third-order valence-corrected chi connectivity index (χ3v) is 10.8. The highest BCUT2D eigenvalue weighted by Gasteiger charge is 2.28. The fourth-order valence-electron chi connectivity index (χ4n) is 6.90. The monoisotopic (exact) mass is 830 g/mol. The quantitative estimate of drug-likeness (QED) is 0.0853. The number of carbonyl (C=O) groups is 4. The molecule has 0 unspecified atom stereocenters. The fourth-order valence-corrected chi connectivity index (χ4v) is 6.90. The molecule has 2 fully saturated rings. The molecule has 0 N–H and O–H groups in total. The number of rotatable bonds is 16. The molecular weight excluding hydrogens is 777 g/mol. The van der Waals surface area contributed by atoms with E-state index in [4.69, 9.17) is 18.5 Å². The van der Waals surface area contributed by atoms with Crippen LogP contribution in [0, 0.1) is 0 Å². The number of hydrogen-bond donors (Lipinski definition) is 0.